The molecule has 0 spiro atoms. The number of unbranched alkanes of at least 4 members (excludes halogenated alkanes) is 1. The predicted molar refractivity (Wildman–Crippen MR) is 142 cm³/mol. The topological polar surface area (TPSA) is 234 Å². The standard InChI is InChI=1S/C23H37N9O5S/c1-38-7-5-16(25)20(33)31-18(8-14-10-26-12-28-14)22(35)30-17(4-2-3-6-24)21(34)32-19(23(36)37)9-15-11-27-13-29-15/h10-13,16-19H,2-9,24-25H2,1H3,(H,26,28)(H,27,29)(H,30,35)(H,31,33)(H,32,34)(H,36,37). The molecule has 0 bridgehead atoms. The van der Waals surface area contributed by atoms with Crippen molar-refractivity contribution in [3.8, 4) is 0 Å². The highest BCUT2D eigenvalue weighted by molar-refractivity contribution is 7.98. The van der Waals surface area contributed by atoms with Gasteiger partial charge in [-0.15, -0.1) is 0 Å². The third-order valence-electron chi connectivity index (χ3n) is 5.75. The zero-order valence-corrected chi connectivity index (χ0v) is 22.1. The predicted octanol–water partition coefficient (Wildman–Crippen LogP) is -1.33. The van der Waals surface area contributed by atoms with Crippen molar-refractivity contribution in [1.82, 2.24) is 35.9 Å². The van der Waals surface area contributed by atoms with Gasteiger partial charge in [0.2, 0.25) is 17.7 Å². The number of imidazole rings is 2. The Labute approximate surface area is 224 Å². The number of rotatable bonds is 18. The summed E-state index contributed by atoms with van der Waals surface area (Å²) in [6, 6.07) is -4.15. The van der Waals surface area contributed by atoms with Gasteiger partial charge in [0.15, 0.2) is 0 Å². The fourth-order valence-electron chi connectivity index (χ4n) is 3.60. The summed E-state index contributed by atoms with van der Waals surface area (Å²) < 4.78 is 0. The number of nitrogens with two attached hydrogens (primary N) is 2. The maximum absolute atomic E-state index is 13.3. The van der Waals surface area contributed by atoms with Crippen molar-refractivity contribution in [1.29, 1.82) is 0 Å². The summed E-state index contributed by atoms with van der Waals surface area (Å²) in [4.78, 5) is 64.4. The third-order valence-corrected chi connectivity index (χ3v) is 6.40. The van der Waals surface area contributed by atoms with Gasteiger partial charge in [0, 0.05) is 36.6 Å². The van der Waals surface area contributed by atoms with E-state index in [0.29, 0.717) is 42.9 Å². The summed E-state index contributed by atoms with van der Waals surface area (Å²) in [6.45, 7) is 0.395. The lowest BCUT2D eigenvalue weighted by Crippen LogP contribution is -2.57. The van der Waals surface area contributed by atoms with Crippen LogP contribution >= 0.6 is 11.8 Å². The second-order valence-electron chi connectivity index (χ2n) is 8.76. The van der Waals surface area contributed by atoms with E-state index in [1.807, 2.05) is 6.26 Å². The monoisotopic (exact) mass is 551 g/mol. The van der Waals surface area contributed by atoms with Gasteiger partial charge >= 0.3 is 5.97 Å². The number of carboxylic acids is 1. The number of carbonyl (C=O) groups excluding carboxylic acids is 3. The first kappa shape index (κ1) is 30.8. The summed E-state index contributed by atoms with van der Waals surface area (Å²) in [5.41, 5.74) is 12.7. The lowest BCUT2D eigenvalue weighted by Gasteiger charge is -2.25. The molecule has 15 heteroatoms. The van der Waals surface area contributed by atoms with E-state index in [4.69, 9.17) is 11.5 Å². The van der Waals surface area contributed by atoms with Gasteiger partial charge in [0.1, 0.15) is 18.1 Å². The molecule has 10 N–H and O–H groups in total. The molecule has 0 aliphatic carbocycles. The molecule has 2 rings (SSSR count). The number of aromatic amines is 2. The fourth-order valence-corrected chi connectivity index (χ4v) is 4.09. The van der Waals surface area contributed by atoms with Crippen LogP contribution in [-0.2, 0) is 32.0 Å². The second kappa shape index (κ2) is 16.4. The molecule has 4 unspecified atom stereocenters. The molecule has 2 aromatic heterocycles. The Bertz CT molecular complexity index is 1000. The van der Waals surface area contributed by atoms with Crippen molar-refractivity contribution >= 4 is 35.5 Å². The maximum Gasteiger partial charge on any atom is 0.326 e. The summed E-state index contributed by atoms with van der Waals surface area (Å²) in [5.74, 6) is -2.32. The molecule has 0 fully saturated rings. The van der Waals surface area contributed by atoms with E-state index in [1.54, 1.807) is 11.8 Å². The van der Waals surface area contributed by atoms with Crippen LogP contribution in [0.1, 0.15) is 37.1 Å². The normalized spacial score (nSPS) is 14.2. The SMILES string of the molecule is CSCCC(N)C(=O)NC(Cc1cnc[nH]1)C(=O)NC(CCCCN)C(=O)NC(Cc1cnc[nH]1)C(=O)O. The van der Waals surface area contributed by atoms with Crippen molar-refractivity contribution < 1.29 is 24.3 Å². The van der Waals surface area contributed by atoms with Gasteiger partial charge in [-0.05, 0) is 44.2 Å². The highest BCUT2D eigenvalue weighted by atomic mass is 32.2. The molecule has 14 nitrogen and oxygen atoms in total. The molecule has 38 heavy (non-hydrogen) atoms. The molecule has 210 valence electrons. The maximum atomic E-state index is 13.3. The number of amides is 3. The van der Waals surface area contributed by atoms with Crippen molar-refractivity contribution in [3.63, 3.8) is 0 Å². The molecular weight excluding hydrogens is 514 g/mol. The number of hydrogen-bond acceptors (Lipinski definition) is 9. The first-order valence-corrected chi connectivity index (χ1v) is 13.7. The average Bonchev–Trinajstić information content (AvgIpc) is 3.60. The highest BCUT2D eigenvalue weighted by Crippen LogP contribution is 2.07. The number of hydrogen-bond donors (Lipinski definition) is 8. The molecule has 0 saturated carbocycles. The van der Waals surface area contributed by atoms with Crippen LogP contribution in [0.3, 0.4) is 0 Å². The van der Waals surface area contributed by atoms with Crippen LogP contribution in [0.25, 0.3) is 0 Å². The van der Waals surface area contributed by atoms with Crippen molar-refractivity contribution in [2.24, 2.45) is 11.5 Å². The van der Waals surface area contributed by atoms with Crippen molar-refractivity contribution in [2.45, 2.75) is 62.7 Å². The van der Waals surface area contributed by atoms with Gasteiger partial charge in [-0.2, -0.15) is 11.8 Å². The molecule has 0 radical (unpaired) electrons. The Kier molecular flexibility index (Phi) is 13.3. The van der Waals surface area contributed by atoms with Crippen LogP contribution in [0.4, 0.5) is 0 Å². The molecule has 4 atom stereocenters. The summed E-state index contributed by atoms with van der Waals surface area (Å²) >= 11 is 1.55. The summed E-state index contributed by atoms with van der Waals surface area (Å²) in [5, 5.41) is 17.5. The minimum absolute atomic E-state index is 0.0169. The number of carboxylic acid groups (broad SMARTS) is 1. The van der Waals surface area contributed by atoms with Crippen LogP contribution in [0.2, 0.25) is 0 Å². The first-order valence-electron chi connectivity index (χ1n) is 12.3. The number of nitrogens with zero attached hydrogens (tertiary/aromatic N) is 2. The van der Waals surface area contributed by atoms with Crippen LogP contribution in [0.15, 0.2) is 25.0 Å². The van der Waals surface area contributed by atoms with E-state index in [9.17, 15) is 24.3 Å². The quantitative estimate of drug-likeness (QED) is 0.102. The Morgan fingerprint density at radius 2 is 1.45 bits per heavy atom. The Morgan fingerprint density at radius 3 is 1.97 bits per heavy atom. The number of H-pyrrole nitrogens is 2. The minimum Gasteiger partial charge on any atom is -0.480 e. The lowest BCUT2D eigenvalue weighted by molar-refractivity contribution is -0.142. The van der Waals surface area contributed by atoms with Crippen molar-refractivity contribution in [2.75, 3.05) is 18.6 Å². The molecule has 2 heterocycles. The number of aliphatic carboxylic acids is 1. The average molecular weight is 552 g/mol. The van der Waals surface area contributed by atoms with Gasteiger partial charge in [-0.3, -0.25) is 14.4 Å². The molecule has 0 aliphatic heterocycles. The van der Waals surface area contributed by atoms with Crippen LogP contribution in [0, 0.1) is 0 Å². The Morgan fingerprint density at radius 1 is 0.895 bits per heavy atom. The van der Waals surface area contributed by atoms with E-state index < -0.39 is 47.9 Å². The summed E-state index contributed by atoms with van der Waals surface area (Å²) in [6.07, 6.45) is 9.60. The van der Waals surface area contributed by atoms with Gasteiger partial charge in [-0.25, -0.2) is 14.8 Å². The Balaban J connectivity index is 2.16. The first-order chi connectivity index (χ1) is 18.2. The fraction of sp³-hybridized carbons (Fsp3) is 0.565. The molecule has 0 saturated heterocycles. The zero-order valence-electron chi connectivity index (χ0n) is 21.3. The molecule has 0 aliphatic rings. The largest absolute Gasteiger partial charge is 0.480 e. The zero-order chi connectivity index (χ0) is 27.9. The smallest absolute Gasteiger partial charge is 0.326 e. The van der Waals surface area contributed by atoms with Gasteiger partial charge in [0.05, 0.1) is 18.7 Å². The van der Waals surface area contributed by atoms with Crippen molar-refractivity contribution in [3.05, 3.63) is 36.4 Å². The summed E-state index contributed by atoms with van der Waals surface area (Å²) in [7, 11) is 0. The second-order valence-corrected chi connectivity index (χ2v) is 9.74. The van der Waals surface area contributed by atoms with E-state index in [2.05, 4.69) is 35.9 Å². The van der Waals surface area contributed by atoms with E-state index in [1.165, 1.54) is 25.0 Å². The van der Waals surface area contributed by atoms with Crippen LogP contribution < -0.4 is 27.4 Å². The minimum atomic E-state index is -1.24. The molecule has 0 aromatic carbocycles. The van der Waals surface area contributed by atoms with Gasteiger partial charge < -0.3 is 42.5 Å². The van der Waals surface area contributed by atoms with Crippen LogP contribution in [0.5, 0.6) is 0 Å². The van der Waals surface area contributed by atoms with Crippen LogP contribution in [-0.4, -0.2) is 91.5 Å². The van der Waals surface area contributed by atoms with Gasteiger partial charge in [0.25, 0.3) is 0 Å². The highest BCUT2D eigenvalue weighted by Gasteiger charge is 2.30. The number of carbonyl (C=O) groups is 4. The number of thioether (sulfide) groups is 1. The van der Waals surface area contributed by atoms with Gasteiger partial charge in [-0.1, -0.05) is 0 Å². The Hall–Kier alpha value is -3.43. The molecule has 3 amide bonds. The number of aromatic nitrogens is 4. The third kappa shape index (κ3) is 10.5. The number of nitrogens with one attached hydrogen (secondary N) is 5. The molecular formula is C23H37N9O5S. The lowest BCUT2D eigenvalue weighted by atomic mass is 10.0. The van der Waals surface area contributed by atoms with E-state index >= 15 is 0 Å². The van der Waals surface area contributed by atoms with E-state index in [0.717, 1.165) is 0 Å². The van der Waals surface area contributed by atoms with E-state index in [-0.39, 0.29) is 19.3 Å². The molecule has 2 aromatic rings.